The van der Waals surface area contributed by atoms with Crippen molar-refractivity contribution >= 4 is 22.8 Å². The predicted molar refractivity (Wildman–Crippen MR) is 104 cm³/mol. The number of carbonyl (C=O) groups is 1. The Kier molecular flexibility index (Phi) is 3.11. The van der Waals surface area contributed by atoms with E-state index >= 15 is 0 Å². The molecule has 1 amide bonds. The number of anilines is 1. The Morgan fingerprint density at radius 3 is 2.74 bits per heavy atom. The molecule has 2 aromatic heterocycles. The van der Waals surface area contributed by atoms with E-state index in [2.05, 4.69) is 22.5 Å². The molecule has 1 saturated carbocycles. The maximum atomic E-state index is 12.9. The molecule has 1 fully saturated rings. The van der Waals surface area contributed by atoms with E-state index in [1.165, 1.54) is 0 Å². The van der Waals surface area contributed by atoms with Crippen molar-refractivity contribution < 1.29 is 4.79 Å². The average molecular weight is 363 g/mol. The van der Waals surface area contributed by atoms with Crippen LogP contribution in [0.5, 0.6) is 0 Å². The lowest BCUT2D eigenvalue weighted by molar-refractivity contribution is 0.0958. The third-order valence-electron chi connectivity index (χ3n) is 5.68. The van der Waals surface area contributed by atoms with Crippen LogP contribution in [-0.2, 0) is 7.05 Å². The summed E-state index contributed by atoms with van der Waals surface area (Å²) in [5.41, 5.74) is 3.72. The summed E-state index contributed by atoms with van der Waals surface area (Å²) in [4.78, 5) is 33.1. The van der Waals surface area contributed by atoms with E-state index in [0.717, 1.165) is 29.8 Å². The number of aromatic nitrogens is 3. The predicted octanol–water partition coefficient (Wildman–Crippen LogP) is 2.70. The first-order valence-corrected chi connectivity index (χ1v) is 9.18. The van der Waals surface area contributed by atoms with Gasteiger partial charge in [-0.25, -0.2) is 4.98 Å². The van der Waals surface area contributed by atoms with Gasteiger partial charge in [0.1, 0.15) is 0 Å². The first-order valence-electron chi connectivity index (χ1n) is 9.18. The van der Waals surface area contributed by atoms with Crippen molar-refractivity contribution in [1.82, 2.24) is 19.9 Å². The number of aromatic amines is 1. The molecule has 0 saturated heterocycles. The number of nitrogens with one attached hydrogen (secondary N) is 3. The van der Waals surface area contributed by atoms with Crippen molar-refractivity contribution in [1.29, 1.82) is 0 Å². The van der Waals surface area contributed by atoms with Gasteiger partial charge in [0.25, 0.3) is 11.5 Å². The van der Waals surface area contributed by atoms with Crippen molar-refractivity contribution in [3.05, 3.63) is 45.9 Å². The Morgan fingerprint density at radius 1 is 1.26 bits per heavy atom. The Balaban J connectivity index is 1.71. The van der Waals surface area contributed by atoms with E-state index in [1.54, 1.807) is 17.7 Å². The van der Waals surface area contributed by atoms with Crippen LogP contribution in [0.1, 0.15) is 48.8 Å². The molecule has 138 valence electrons. The molecule has 3 heterocycles. The van der Waals surface area contributed by atoms with Crippen molar-refractivity contribution in [3.8, 4) is 11.3 Å². The average Bonchev–Trinajstić information content (AvgIpc) is 3.10. The highest BCUT2D eigenvalue weighted by Crippen LogP contribution is 2.38. The summed E-state index contributed by atoms with van der Waals surface area (Å²) in [7, 11) is 1.74. The van der Waals surface area contributed by atoms with Crippen molar-refractivity contribution in [2.45, 2.75) is 38.3 Å². The fourth-order valence-electron chi connectivity index (χ4n) is 3.70. The number of carbonyl (C=O) groups excluding carboxylic acids is 1. The molecule has 5 rings (SSSR count). The molecule has 0 radical (unpaired) electrons. The number of benzene rings is 1. The summed E-state index contributed by atoms with van der Waals surface area (Å²) in [5, 5.41) is 6.85. The van der Waals surface area contributed by atoms with Crippen LogP contribution in [0.2, 0.25) is 0 Å². The molecule has 1 aliphatic heterocycles. The monoisotopic (exact) mass is 363 g/mol. The fraction of sp³-hybridized carbons (Fsp3) is 0.350. The van der Waals surface area contributed by atoms with Gasteiger partial charge in [0.15, 0.2) is 0 Å². The van der Waals surface area contributed by atoms with Crippen LogP contribution < -0.4 is 16.2 Å². The van der Waals surface area contributed by atoms with Crippen LogP contribution >= 0.6 is 0 Å². The summed E-state index contributed by atoms with van der Waals surface area (Å²) in [6, 6.07) is 7.37. The normalized spacial score (nSPS) is 19.8. The molecule has 27 heavy (non-hydrogen) atoms. The Hall–Kier alpha value is -3.09. The SMILES string of the molecule is C[C@H]1NC(=O)c2cc(-c3cccc4c(=O)n(C)c(NC5(C)CC5)nc34)[nH]c21. The third kappa shape index (κ3) is 2.38. The molecule has 3 N–H and O–H groups in total. The second-order valence-corrected chi connectivity index (χ2v) is 7.89. The minimum Gasteiger partial charge on any atom is -0.356 e. The number of nitrogens with zero attached hydrogens (tertiary/aromatic N) is 2. The molecule has 1 atom stereocenters. The number of amides is 1. The summed E-state index contributed by atoms with van der Waals surface area (Å²) in [6.07, 6.45) is 2.14. The van der Waals surface area contributed by atoms with Gasteiger partial charge in [0.05, 0.1) is 28.2 Å². The Labute approximate surface area is 155 Å². The van der Waals surface area contributed by atoms with E-state index < -0.39 is 0 Å². The summed E-state index contributed by atoms with van der Waals surface area (Å²) in [6.45, 7) is 4.07. The lowest BCUT2D eigenvalue weighted by Crippen LogP contribution is -2.27. The Morgan fingerprint density at radius 2 is 2.04 bits per heavy atom. The van der Waals surface area contributed by atoms with Gasteiger partial charge in [-0.3, -0.25) is 14.2 Å². The zero-order valence-corrected chi connectivity index (χ0v) is 15.5. The van der Waals surface area contributed by atoms with E-state index in [0.29, 0.717) is 22.4 Å². The summed E-state index contributed by atoms with van der Waals surface area (Å²) < 4.78 is 1.57. The molecule has 0 unspecified atom stereocenters. The van der Waals surface area contributed by atoms with Gasteiger partial charge in [0, 0.05) is 23.8 Å². The number of hydrogen-bond donors (Lipinski definition) is 3. The first kappa shape index (κ1) is 16.1. The smallest absolute Gasteiger partial charge is 0.262 e. The van der Waals surface area contributed by atoms with Crippen LogP contribution in [0.3, 0.4) is 0 Å². The third-order valence-corrected chi connectivity index (χ3v) is 5.68. The highest BCUT2D eigenvalue weighted by Gasteiger charge is 2.38. The van der Waals surface area contributed by atoms with Gasteiger partial charge < -0.3 is 15.6 Å². The number of para-hydroxylation sites is 1. The van der Waals surface area contributed by atoms with Gasteiger partial charge in [-0.05, 0) is 38.8 Å². The molecule has 2 aliphatic rings. The van der Waals surface area contributed by atoms with Crippen LogP contribution in [-0.4, -0.2) is 26.0 Å². The molecular formula is C20H21N5O2. The molecule has 3 aromatic rings. The first-order chi connectivity index (χ1) is 12.9. The number of hydrogen-bond acceptors (Lipinski definition) is 4. The van der Waals surface area contributed by atoms with Crippen LogP contribution in [0, 0.1) is 0 Å². The molecule has 0 spiro atoms. The maximum absolute atomic E-state index is 12.9. The fourth-order valence-corrected chi connectivity index (χ4v) is 3.70. The van der Waals surface area contributed by atoms with Crippen LogP contribution in [0.15, 0.2) is 29.1 Å². The van der Waals surface area contributed by atoms with E-state index in [1.807, 2.05) is 25.1 Å². The lowest BCUT2D eigenvalue weighted by Gasteiger charge is -2.16. The highest BCUT2D eigenvalue weighted by molar-refractivity contribution is 6.01. The Bertz CT molecular complexity index is 1170. The van der Waals surface area contributed by atoms with Gasteiger partial charge in [-0.1, -0.05) is 12.1 Å². The number of H-pyrrole nitrogens is 1. The van der Waals surface area contributed by atoms with Crippen LogP contribution in [0.25, 0.3) is 22.2 Å². The van der Waals surface area contributed by atoms with E-state index in [4.69, 9.17) is 4.98 Å². The number of rotatable bonds is 3. The van der Waals surface area contributed by atoms with Crippen molar-refractivity contribution in [2.75, 3.05) is 5.32 Å². The number of fused-ring (bicyclic) bond motifs is 2. The second kappa shape index (κ2) is 5.22. The zero-order chi connectivity index (χ0) is 18.9. The summed E-state index contributed by atoms with van der Waals surface area (Å²) in [5.74, 6) is 0.498. The van der Waals surface area contributed by atoms with Gasteiger partial charge in [-0.2, -0.15) is 0 Å². The van der Waals surface area contributed by atoms with Gasteiger partial charge in [-0.15, -0.1) is 0 Å². The molecular weight excluding hydrogens is 342 g/mol. The standard InChI is InChI=1S/C20H21N5O2/c1-10-15-13(17(26)21-10)9-14(22-15)11-5-4-6-12-16(11)23-19(25(3)18(12)27)24-20(2)7-8-20/h4-6,9-10,22H,7-8H2,1-3H3,(H,21,26)(H,23,24)/t10-/m1/s1. The van der Waals surface area contributed by atoms with Gasteiger partial charge >= 0.3 is 0 Å². The highest BCUT2D eigenvalue weighted by atomic mass is 16.2. The van der Waals surface area contributed by atoms with Gasteiger partial charge in [0.2, 0.25) is 5.95 Å². The van der Waals surface area contributed by atoms with E-state index in [-0.39, 0.29) is 23.0 Å². The van der Waals surface area contributed by atoms with Crippen molar-refractivity contribution in [3.63, 3.8) is 0 Å². The molecule has 7 nitrogen and oxygen atoms in total. The second-order valence-electron chi connectivity index (χ2n) is 7.89. The maximum Gasteiger partial charge on any atom is 0.262 e. The van der Waals surface area contributed by atoms with Crippen LogP contribution in [0.4, 0.5) is 5.95 Å². The topological polar surface area (TPSA) is 91.8 Å². The lowest BCUT2D eigenvalue weighted by atomic mass is 10.1. The quantitative estimate of drug-likeness (QED) is 0.667. The molecule has 1 aromatic carbocycles. The van der Waals surface area contributed by atoms with Crippen molar-refractivity contribution in [2.24, 2.45) is 7.05 Å². The molecule has 0 bridgehead atoms. The molecule has 7 heteroatoms. The minimum atomic E-state index is -0.0844. The zero-order valence-electron chi connectivity index (χ0n) is 15.5. The molecule has 1 aliphatic carbocycles. The van der Waals surface area contributed by atoms with E-state index in [9.17, 15) is 9.59 Å². The minimum absolute atomic E-state index is 0.0148. The summed E-state index contributed by atoms with van der Waals surface area (Å²) >= 11 is 0. The largest absolute Gasteiger partial charge is 0.356 e.